The van der Waals surface area contributed by atoms with Gasteiger partial charge in [-0.15, -0.1) is 0 Å². The molecule has 5 amide bonds. The highest BCUT2D eigenvalue weighted by molar-refractivity contribution is 5.97. The molecule has 0 aromatic heterocycles. The monoisotopic (exact) mass is 722 g/mol. The van der Waals surface area contributed by atoms with Crippen LogP contribution in [-0.2, 0) is 41.9 Å². The molecule has 15 nitrogen and oxygen atoms in total. The lowest BCUT2D eigenvalue weighted by Gasteiger charge is -2.28. The smallest absolute Gasteiger partial charge is 0.410 e. The van der Waals surface area contributed by atoms with E-state index >= 15 is 0 Å². The summed E-state index contributed by atoms with van der Waals surface area (Å²) in [6, 6.07) is 11.3. The van der Waals surface area contributed by atoms with Crippen molar-refractivity contribution in [3.05, 3.63) is 64.6 Å². The first-order chi connectivity index (χ1) is 24.6. The Morgan fingerprint density at radius 1 is 0.885 bits per heavy atom. The second-order valence-corrected chi connectivity index (χ2v) is 13.3. The summed E-state index contributed by atoms with van der Waals surface area (Å²) in [5.74, 6) is -2.23. The van der Waals surface area contributed by atoms with Crippen LogP contribution in [-0.4, -0.2) is 72.7 Å². The summed E-state index contributed by atoms with van der Waals surface area (Å²) >= 11 is 0. The third-order valence-corrected chi connectivity index (χ3v) is 8.32. The number of urea groups is 1. The number of benzene rings is 2. The summed E-state index contributed by atoms with van der Waals surface area (Å²) in [4.78, 5) is 79.1. The molecule has 2 aromatic rings. The zero-order valence-electron chi connectivity index (χ0n) is 30.8. The highest BCUT2D eigenvalue weighted by Gasteiger charge is 2.28. The maximum Gasteiger partial charge on any atom is 0.410 e. The zero-order chi connectivity index (χ0) is 38.8. The second kappa shape index (κ2) is 21.9. The van der Waals surface area contributed by atoms with E-state index in [9.17, 15) is 28.8 Å². The van der Waals surface area contributed by atoms with E-state index in [1.54, 1.807) is 62.4 Å². The maximum absolute atomic E-state index is 12.8. The van der Waals surface area contributed by atoms with Crippen molar-refractivity contribution in [1.82, 2.24) is 15.5 Å². The standard InChI is InChI=1S/C37H51N7O8/c1-23(2)31(20-30(46)17-19-51-21-26-11-15-29(43-39)16-12-26)34(47)42-36(49)40-18-7-8-32(38)35(48)41-28-13-9-27(10-14-28)22-52-37(50)44(6)33(24(3)4)25(5)45/h9-16,23-24,31-33H,7-8,17-22,38H2,1-6H3,(H2-,40,41,42,47,48,49)/p+1/t31-,32?,33-/m0/s1. The molecule has 0 heterocycles. The molecule has 52 heavy (non-hydrogen) atoms. The predicted octanol–water partition coefficient (Wildman–Crippen LogP) is 5.06. The number of nitrogens with zero attached hydrogens (tertiary/aromatic N) is 3. The minimum Gasteiger partial charge on any atom is -0.445 e. The van der Waals surface area contributed by atoms with Gasteiger partial charge in [-0.1, -0.05) is 39.8 Å². The first kappa shape index (κ1) is 43.0. The molecule has 0 fully saturated rings. The van der Waals surface area contributed by atoms with Gasteiger partial charge in [0.25, 0.3) is 0 Å². The quantitative estimate of drug-likeness (QED) is 0.105. The molecule has 0 aliphatic rings. The Bertz CT molecular complexity index is 1560. The van der Waals surface area contributed by atoms with E-state index in [2.05, 4.69) is 20.9 Å². The molecule has 1 unspecified atom stereocenters. The lowest BCUT2D eigenvalue weighted by atomic mass is 9.89. The van der Waals surface area contributed by atoms with Gasteiger partial charge in [0.2, 0.25) is 17.2 Å². The van der Waals surface area contributed by atoms with Gasteiger partial charge >= 0.3 is 17.8 Å². The van der Waals surface area contributed by atoms with Crippen LogP contribution in [0.5, 0.6) is 0 Å². The van der Waals surface area contributed by atoms with Gasteiger partial charge in [-0.3, -0.25) is 24.5 Å². The van der Waals surface area contributed by atoms with Gasteiger partial charge in [0.15, 0.2) is 10.8 Å². The fraction of sp³-hybridized carbons (Fsp3) is 0.514. The number of nitrogens with one attached hydrogen (secondary N) is 3. The SMILES string of the molecule is CC(=O)[C@H](C(C)C)N(C)C(=O)OCc1ccc(NC(=O)C(N)CCCNC(=O)NC(=O)[C@@H](CC(=O)CCOCc2ccc([N+]#N)cc2)C(C)C)cc1. The minimum atomic E-state index is -0.860. The van der Waals surface area contributed by atoms with E-state index in [1.807, 2.05) is 13.8 Å². The van der Waals surface area contributed by atoms with Crippen LogP contribution in [0.3, 0.4) is 0 Å². The largest absolute Gasteiger partial charge is 0.445 e. The van der Waals surface area contributed by atoms with Gasteiger partial charge in [0, 0.05) is 50.2 Å². The number of carbonyl (C=O) groups is 6. The first-order valence-corrected chi connectivity index (χ1v) is 17.3. The molecule has 5 N–H and O–H groups in total. The number of hydrogen-bond acceptors (Lipinski definition) is 10. The minimum absolute atomic E-state index is 0.0142. The van der Waals surface area contributed by atoms with Gasteiger partial charge in [0.05, 0.1) is 25.3 Å². The molecule has 0 aliphatic heterocycles. The van der Waals surface area contributed by atoms with E-state index in [1.165, 1.54) is 18.9 Å². The van der Waals surface area contributed by atoms with Crippen LogP contribution in [0.15, 0.2) is 48.5 Å². The van der Waals surface area contributed by atoms with Crippen LogP contribution in [0.4, 0.5) is 21.0 Å². The summed E-state index contributed by atoms with van der Waals surface area (Å²) in [5.41, 5.74) is 8.49. The highest BCUT2D eigenvalue weighted by Crippen LogP contribution is 2.18. The Morgan fingerprint density at radius 3 is 2.08 bits per heavy atom. The molecule has 0 bridgehead atoms. The summed E-state index contributed by atoms with van der Waals surface area (Å²) in [6.45, 7) is 9.34. The molecule has 3 atom stereocenters. The molecule has 15 heteroatoms. The van der Waals surface area contributed by atoms with Crippen LogP contribution < -0.4 is 21.7 Å². The molecule has 0 radical (unpaired) electrons. The van der Waals surface area contributed by atoms with Crippen molar-refractivity contribution < 1.29 is 38.2 Å². The van der Waals surface area contributed by atoms with E-state index in [0.29, 0.717) is 23.4 Å². The van der Waals surface area contributed by atoms with Gasteiger partial charge in [-0.25, -0.2) is 9.59 Å². The van der Waals surface area contributed by atoms with Crippen molar-refractivity contribution in [3.8, 4) is 0 Å². The van der Waals surface area contributed by atoms with Crippen molar-refractivity contribution in [1.29, 1.82) is 5.39 Å². The lowest BCUT2D eigenvalue weighted by Crippen LogP contribution is -2.45. The second-order valence-electron chi connectivity index (χ2n) is 13.3. The van der Waals surface area contributed by atoms with Crippen LogP contribution in [0.25, 0.3) is 4.98 Å². The average Bonchev–Trinajstić information content (AvgIpc) is 3.10. The number of anilines is 1. The van der Waals surface area contributed by atoms with Crippen LogP contribution >= 0.6 is 0 Å². The normalized spacial score (nSPS) is 12.6. The van der Waals surface area contributed by atoms with Gasteiger partial charge in [-0.2, -0.15) is 0 Å². The number of diazo groups is 1. The van der Waals surface area contributed by atoms with Crippen molar-refractivity contribution in [2.75, 3.05) is 25.5 Å². The van der Waals surface area contributed by atoms with Crippen molar-refractivity contribution >= 4 is 46.9 Å². The lowest BCUT2D eigenvalue weighted by molar-refractivity contribution is -0.130. The molecule has 0 saturated carbocycles. The number of ketones is 2. The van der Waals surface area contributed by atoms with Crippen molar-refractivity contribution in [3.63, 3.8) is 0 Å². The predicted molar refractivity (Wildman–Crippen MR) is 194 cm³/mol. The molecular formula is C37H52N7O8+. The van der Waals surface area contributed by atoms with Gasteiger partial charge in [-0.05, 0) is 67.0 Å². The van der Waals surface area contributed by atoms with Crippen molar-refractivity contribution in [2.24, 2.45) is 23.5 Å². The van der Waals surface area contributed by atoms with Crippen LogP contribution in [0, 0.1) is 23.1 Å². The van der Waals surface area contributed by atoms with E-state index < -0.39 is 41.9 Å². The molecular weight excluding hydrogens is 670 g/mol. The third-order valence-electron chi connectivity index (χ3n) is 8.32. The molecule has 282 valence electrons. The maximum atomic E-state index is 12.8. The topological polar surface area (TPSA) is 214 Å². The van der Waals surface area contributed by atoms with E-state index in [-0.39, 0.29) is 69.0 Å². The van der Waals surface area contributed by atoms with Gasteiger partial charge in [0.1, 0.15) is 12.4 Å². The molecule has 0 aliphatic carbocycles. The third kappa shape index (κ3) is 15.0. The number of imide groups is 1. The number of rotatable bonds is 20. The highest BCUT2D eigenvalue weighted by atomic mass is 16.6. The number of Topliss-reactive ketones (excluding diaryl/α,β-unsaturated/α-hetero) is 2. The molecule has 0 saturated heterocycles. The number of carbonyl (C=O) groups excluding carboxylic acids is 6. The van der Waals surface area contributed by atoms with Gasteiger partial charge < -0.3 is 30.7 Å². The Hall–Kier alpha value is -5.20. The Labute approximate surface area is 305 Å². The zero-order valence-corrected chi connectivity index (χ0v) is 30.8. The first-order valence-electron chi connectivity index (χ1n) is 17.3. The number of ether oxygens (including phenoxy) is 2. The number of nitrogens with two attached hydrogens (primary N) is 1. The Morgan fingerprint density at radius 2 is 1.50 bits per heavy atom. The Kier molecular flexibility index (Phi) is 18.1. The number of hydrogen-bond donors (Lipinski definition) is 4. The summed E-state index contributed by atoms with van der Waals surface area (Å²) in [7, 11) is 1.53. The van der Waals surface area contributed by atoms with E-state index in [4.69, 9.17) is 20.6 Å². The molecule has 2 aromatic carbocycles. The summed E-state index contributed by atoms with van der Waals surface area (Å²) in [5, 5.41) is 16.4. The summed E-state index contributed by atoms with van der Waals surface area (Å²) < 4.78 is 10.9. The number of likely N-dealkylation sites (N-methyl/N-ethyl adjacent to an activating group) is 1. The van der Waals surface area contributed by atoms with Crippen LogP contribution in [0.2, 0.25) is 0 Å². The van der Waals surface area contributed by atoms with Crippen LogP contribution in [0.1, 0.15) is 71.4 Å². The fourth-order valence-corrected chi connectivity index (χ4v) is 5.39. The fourth-order valence-electron chi connectivity index (χ4n) is 5.39. The molecule has 2 rings (SSSR count). The Balaban J connectivity index is 1.68. The summed E-state index contributed by atoms with van der Waals surface area (Å²) in [6.07, 6.45) is 0.0884. The average molecular weight is 723 g/mol. The number of amides is 5. The molecule has 0 spiro atoms. The van der Waals surface area contributed by atoms with Crippen molar-refractivity contribution in [2.45, 2.75) is 85.6 Å². The van der Waals surface area contributed by atoms with E-state index in [0.717, 1.165) is 5.56 Å².